The molecule has 0 radical (unpaired) electrons. The third kappa shape index (κ3) is 6.42. The molecule has 2 aromatic carbocycles. The molecule has 7 N–H and O–H groups in total. The molecule has 0 aromatic heterocycles. The molecule has 2 aliphatic rings. The summed E-state index contributed by atoms with van der Waals surface area (Å²) in [6.07, 6.45) is -11.0. The van der Waals surface area contributed by atoms with E-state index in [1.165, 1.54) is 50.6 Å². The summed E-state index contributed by atoms with van der Waals surface area (Å²) >= 11 is 0. The molecule has 2 fully saturated rings. The molecule has 15 heteroatoms. The van der Waals surface area contributed by atoms with Crippen LogP contribution in [-0.2, 0) is 18.9 Å². The zero-order valence-corrected chi connectivity index (χ0v) is 22.0. The number of hydrogen-bond donors (Lipinski definition) is 7. The molecule has 8 atom stereocenters. The molecule has 41 heavy (non-hydrogen) atoms. The van der Waals surface area contributed by atoms with E-state index < -0.39 is 74.5 Å². The van der Waals surface area contributed by atoms with Crippen molar-refractivity contribution in [2.75, 3.05) is 34.0 Å². The lowest BCUT2D eigenvalue weighted by molar-refractivity contribution is -0.318. The average molecular weight is 585 g/mol. The lowest BCUT2D eigenvalue weighted by atomic mass is 9.98. The molecule has 226 valence electrons. The van der Waals surface area contributed by atoms with Crippen LogP contribution in [0.2, 0.25) is 0 Å². The lowest BCUT2D eigenvalue weighted by Gasteiger charge is -2.42. The Morgan fingerprint density at radius 1 is 0.976 bits per heavy atom. The Morgan fingerprint density at radius 2 is 1.63 bits per heavy atom. The zero-order valence-electron chi connectivity index (χ0n) is 22.0. The van der Waals surface area contributed by atoms with E-state index in [-0.39, 0.29) is 34.3 Å². The topological polar surface area (TPSA) is 223 Å². The van der Waals surface area contributed by atoms with Crippen LogP contribution < -0.4 is 14.2 Å². The van der Waals surface area contributed by atoms with Crippen LogP contribution in [0.5, 0.6) is 28.7 Å². The monoisotopic (exact) mass is 584 g/mol. The third-order valence-electron chi connectivity index (χ3n) is 6.69. The van der Waals surface area contributed by atoms with Crippen LogP contribution in [0.3, 0.4) is 0 Å². The van der Waals surface area contributed by atoms with E-state index in [0.717, 1.165) is 0 Å². The number of benzene rings is 2. The Labute approximate surface area is 233 Å². The highest BCUT2D eigenvalue weighted by molar-refractivity contribution is 5.90. The normalized spacial score (nSPS) is 31.4. The first kappa shape index (κ1) is 30.5. The number of carbonyl (C=O) groups excluding carboxylic acids is 1. The molecule has 2 heterocycles. The first-order valence-electron chi connectivity index (χ1n) is 12.4. The smallest absolute Gasteiger partial charge is 0.338 e. The van der Waals surface area contributed by atoms with Gasteiger partial charge in [0.1, 0.15) is 36.8 Å². The Kier molecular flexibility index (Phi) is 9.41. The molecular weight excluding hydrogens is 552 g/mol. The van der Waals surface area contributed by atoms with Crippen molar-refractivity contribution in [2.45, 2.75) is 48.7 Å². The van der Waals surface area contributed by atoms with E-state index >= 15 is 0 Å². The molecule has 4 rings (SSSR count). The molecule has 0 bridgehead atoms. The maximum atomic E-state index is 12.5. The largest absolute Gasteiger partial charge is 0.504 e. The van der Waals surface area contributed by atoms with E-state index in [9.17, 15) is 40.5 Å². The van der Waals surface area contributed by atoms with Gasteiger partial charge in [0.25, 0.3) is 0 Å². The minimum atomic E-state index is -2.13. The third-order valence-corrected chi connectivity index (χ3v) is 6.69. The van der Waals surface area contributed by atoms with Gasteiger partial charge in [0.15, 0.2) is 41.0 Å². The van der Waals surface area contributed by atoms with Gasteiger partial charge >= 0.3 is 5.97 Å². The van der Waals surface area contributed by atoms with Gasteiger partial charge < -0.3 is 68.9 Å². The van der Waals surface area contributed by atoms with Gasteiger partial charge in [-0.1, -0.05) is 0 Å². The van der Waals surface area contributed by atoms with Crippen LogP contribution in [0.15, 0.2) is 36.4 Å². The summed E-state index contributed by atoms with van der Waals surface area (Å²) in [6.45, 7) is -1.94. The molecular formula is C26H32O15. The standard InChI is InChI=1S/C26H32O15/c1-35-16-7-12(3-5-14(16)28)23(33)37-10-26(34)11-38-25(22(26)32)41-21-20(31)19(30)18(9-27)40-24(21)39-13-4-6-15(29)17(8-13)36-2/h3-8,18-22,24-25,27-32,34H,9-11H2,1-2H3/t18-,19-,20+,21-,22+,24+,25+,26+/m1/s1. The number of aromatic hydroxyl groups is 2. The minimum Gasteiger partial charge on any atom is -0.504 e. The van der Waals surface area contributed by atoms with Gasteiger partial charge in [-0.15, -0.1) is 0 Å². The van der Waals surface area contributed by atoms with Crippen LogP contribution in [-0.4, -0.2) is 124 Å². The zero-order chi connectivity index (χ0) is 29.9. The quantitative estimate of drug-likeness (QED) is 0.160. The fourth-order valence-corrected chi connectivity index (χ4v) is 4.29. The summed E-state index contributed by atoms with van der Waals surface area (Å²) in [4.78, 5) is 12.5. The number of phenols is 2. The SMILES string of the molecule is COc1cc(O[C@H]2O[C@H](CO)[C@@H](O)[C@H](O)[C@H]2O[C@@H]2OC[C@@](O)(COC(=O)c3ccc(O)c(OC)c3)[C@H]2O)ccc1O. The number of aliphatic hydroxyl groups is 5. The molecule has 2 aromatic rings. The molecule has 0 aliphatic carbocycles. The predicted molar refractivity (Wildman–Crippen MR) is 134 cm³/mol. The van der Waals surface area contributed by atoms with Crippen molar-refractivity contribution < 1.29 is 73.7 Å². The van der Waals surface area contributed by atoms with E-state index in [1.807, 2.05) is 0 Å². The van der Waals surface area contributed by atoms with Crippen molar-refractivity contribution in [3.63, 3.8) is 0 Å². The van der Waals surface area contributed by atoms with Gasteiger partial charge in [-0.25, -0.2) is 4.79 Å². The van der Waals surface area contributed by atoms with Crippen molar-refractivity contribution in [2.24, 2.45) is 0 Å². The first-order chi connectivity index (χ1) is 19.5. The fourth-order valence-electron chi connectivity index (χ4n) is 4.29. The number of rotatable bonds is 10. The summed E-state index contributed by atoms with van der Waals surface area (Å²) in [6, 6.07) is 7.69. The highest BCUT2D eigenvalue weighted by atomic mass is 16.8. The van der Waals surface area contributed by atoms with Gasteiger partial charge in [-0.2, -0.15) is 0 Å². The second-order valence-electron chi connectivity index (χ2n) is 9.45. The van der Waals surface area contributed by atoms with Crippen LogP contribution >= 0.6 is 0 Å². The van der Waals surface area contributed by atoms with Crippen molar-refractivity contribution in [1.29, 1.82) is 0 Å². The van der Waals surface area contributed by atoms with Crippen LogP contribution in [0.4, 0.5) is 0 Å². The van der Waals surface area contributed by atoms with Crippen molar-refractivity contribution in [3.8, 4) is 28.7 Å². The van der Waals surface area contributed by atoms with Gasteiger partial charge in [-0.05, 0) is 30.3 Å². The summed E-state index contributed by atoms with van der Waals surface area (Å²) in [5.74, 6) is -1.07. The number of hydrogen-bond acceptors (Lipinski definition) is 15. The van der Waals surface area contributed by atoms with E-state index in [2.05, 4.69) is 0 Å². The minimum absolute atomic E-state index is 0.00482. The molecule has 0 amide bonds. The van der Waals surface area contributed by atoms with E-state index in [4.69, 9.17) is 33.2 Å². The molecule has 2 saturated heterocycles. The first-order valence-corrected chi connectivity index (χ1v) is 12.4. The van der Waals surface area contributed by atoms with Crippen LogP contribution in [0, 0.1) is 0 Å². The number of ether oxygens (including phenoxy) is 7. The highest BCUT2D eigenvalue weighted by Crippen LogP contribution is 2.35. The Bertz CT molecular complexity index is 1210. The highest BCUT2D eigenvalue weighted by Gasteiger charge is 2.54. The van der Waals surface area contributed by atoms with Crippen LogP contribution in [0.25, 0.3) is 0 Å². The second-order valence-corrected chi connectivity index (χ2v) is 9.45. The van der Waals surface area contributed by atoms with Gasteiger partial charge in [0, 0.05) is 6.07 Å². The Hall–Kier alpha value is -3.41. The molecule has 0 spiro atoms. The number of phenolic OH excluding ortho intramolecular Hbond substituents is 2. The number of methoxy groups -OCH3 is 2. The maximum Gasteiger partial charge on any atom is 0.338 e. The molecule has 2 aliphatic heterocycles. The van der Waals surface area contributed by atoms with E-state index in [1.54, 1.807) is 0 Å². The van der Waals surface area contributed by atoms with Gasteiger partial charge in [-0.3, -0.25) is 0 Å². The predicted octanol–water partition coefficient (Wildman–Crippen LogP) is -1.38. The summed E-state index contributed by atoms with van der Waals surface area (Å²) < 4.78 is 37.6. The fraction of sp³-hybridized carbons (Fsp3) is 0.500. The van der Waals surface area contributed by atoms with Gasteiger partial charge in [0.05, 0.1) is 33.0 Å². The molecule has 15 nitrogen and oxygen atoms in total. The number of aliphatic hydroxyl groups excluding tert-OH is 4. The van der Waals surface area contributed by atoms with E-state index in [0.29, 0.717) is 0 Å². The number of esters is 1. The molecule has 0 saturated carbocycles. The average Bonchev–Trinajstić information content (AvgIpc) is 3.25. The maximum absolute atomic E-state index is 12.5. The van der Waals surface area contributed by atoms with Crippen molar-refractivity contribution in [1.82, 2.24) is 0 Å². The van der Waals surface area contributed by atoms with Crippen molar-refractivity contribution in [3.05, 3.63) is 42.0 Å². The molecule has 0 unspecified atom stereocenters. The summed E-state index contributed by atoms with van der Waals surface area (Å²) in [5.41, 5.74) is -2.13. The summed E-state index contributed by atoms with van der Waals surface area (Å²) in [5, 5.41) is 72.0. The van der Waals surface area contributed by atoms with Gasteiger partial charge in [0.2, 0.25) is 6.29 Å². The lowest BCUT2D eigenvalue weighted by Crippen LogP contribution is -2.62. The number of carbonyl (C=O) groups is 1. The summed E-state index contributed by atoms with van der Waals surface area (Å²) in [7, 11) is 2.62. The Morgan fingerprint density at radius 3 is 2.29 bits per heavy atom. The van der Waals surface area contributed by atoms with Crippen LogP contribution in [0.1, 0.15) is 10.4 Å². The van der Waals surface area contributed by atoms with Crippen molar-refractivity contribution >= 4 is 5.97 Å². The second kappa shape index (κ2) is 12.6. The Balaban J connectivity index is 1.45.